The van der Waals surface area contributed by atoms with Crippen molar-refractivity contribution in [1.82, 2.24) is 4.31 Å². The van der Waals surface area contributed by atoms with Gasteiger partial charge in [-0.05, 0) is 18.9 Å². The summed E-state index contributed by atoms with van der Waals surface area (Å²) < 4.78 is 36.6. The molecule has 1 aromatic rings. The number of carbonyl (C=O) groups is 1. The van der Waals surface area contributed by atoms with Gasteiger partial charge in [0.15, 0.2) is 0 Å². The van der Waals surface area contributed by atoms with Gasteiger partial charge in [-0.25, -0.2) is 8.42 Å². The number of ether oxygens (including phenoxy) is 2. The Morgan fingerprint density at radius 1 is 1.32 bits per heavy atom. The van der Waals surface area contributed by atoms with Crippen molar-refractivity contribution in [2.75, 3.05) is 20.8 Å². The fourth-order valence-corrected chi connectivity index (χ4v) is 4.56. The predicted molar refractivity (Wildman–Crippen MR) is 79.1 cm³/mol. The first-order chi connectivity index (χ1) is 10.3. The van der Waals surface area contributed by atoms with E-state index in [-0.39, 0.29) is 34.4 Å². The van der Waals surface area contributed by atoms with Crippen LogP contribution in [0.3, 0.4) is 0 Å². The molecule has 122 valence electrons. The van der Waals surface area contributed by atoms with Crippen LogP contribution in [0, 0.1) is 0 Å². The molecule has 0 amide bonds. The molecule has 0 saturated carbocycles. The Morgan fingerprint density at radius 3 is 2.50 bits per heavy atom. The number of benzene rings is 1. The number of sulfonamides is 1. The number of hydrogen-bond donors (Lipinski definition) is 1. The minimum Gasteiger partial charge on any atom is -0.495 e. The maximum absolute atomic E-state index is 12.8. The molecule has 7 nitrogen and oxygen atoms in total. The monoisotopic (exact) mass is 349 g/mol. The summed E-state index contributed by atoms with van der Waals surface area (Å²) in [4.78, 5) is 11.1. The van der Waals surface area contributed by atoms with Crippen LogP contribution in [0.25, 0.3) is 0 Å². The van der Waals surface area contributed by atoms with E-state index in [1.807, 2.05) is 0 Å². The van der Waals surface area contributed by atoms with E-state index in [4.69, 9.17) is 21.1 Å². The van der Waals surface area contributed by atoms with Gasteiger partial charge in [0.1, 0.15) is 22.4 Å². The molecule has 0 radical (unpaired) electrons. The van der Waals surface area contributed by atoms with E-state index in [1.165, 1.54) is 26.4 Å². The smallest absolute Gasteiger partial charge is 0.322 e. The molecule has 1 aromatic carbocycles. The molecule has 0 unspecified atom stereocenters. The molecule has 22 heavy (non-hydrogen) atoms. The summed E-state index contributed by atoms with van der Waals surface area (Å²) >= 11 is 5.99. The van der Waals surface area contributed by atoms with E-state index in [9.17, 15) is 18.3 Å². The molecule has 2 rings (SSSR count). The van der Waals surface area contributed by atoms with Crippen molar-refractivity contribution in [2.24, 2.45) is 0 Å². The van der Waals surface area contributed by atoms with Crippen molar-refractivity contribution < 1.29 is 27.8 Å². The lowest BCUT2D eigenvalue weighted by molar-refractivity contribution is -0.140. The van der Waals surface area contributed by atoms with Gasteiger partial charge in [0, 0.05) is 12.6 Å². The molecule has 0 aromatic heterocycles. The number of aliphatic carboxylic acids is 1. The minimum atomic E-state index is -4.04. The number of hydrogen-bond acceptors (Lipinski definition) is 5. The second-order valence-electron chi connectivity index (χ2n) is 4.75. The third-order valence-electron chi connectivity index (χ3n) is 3.51. The Balaban J connectivity index is 2.54. The van der Waals surface area contributed by atoms with Gasteiger partial charge in [-0.15, -0.1) is 0 Å². The van der Waals surface area contributed by atoms with E-state index >= 15 is 0 Å². The summed E-state index contributed by atoms with van der Waals surface area (Å²) in [5, 5.41) is 9.28. The highest BCUT2D eigenvalue weighted by Crippen LogP contribution is 2.38. The van der Waals surface area contributed by atoms with Crippen LogP contribution in [-0.4, -0.2) is 50.6 Å². The highest BCUT2D eigenvalue weighted by molar-refractivity contribution is 7.89. The molecule has 1 atom stereocenters. The summed E-state index contributed by atoms with van der Waals surface area (Å²) in [7, 11) is -1.32. The molecule has 1 heterocycles. The molecule has 0 aliphatic carbocycles. The molecular weight excluding hydrogens is 334 g/mol. The number of halogens is 1. The van der Waals surface area contributed by atoms with Crippen molar-refractivity contribution >= 4 is 27.6 Å². The zero-order valence-corrected chi connectivity index (χ0v) is 13.6. The van der Waals surface area contributed by atoms with Gasteiger partial charge in [0.2, 0.25) is 10.0 Å². The number of carboxylic acid groups (broad SMARTS) is 1. The molecule has 1 fully saturated rings. The third-order valence-corrected chi connectivity index (χ3v) is 5.74. The Labute approximate surface area is 133 Å². The molecule has 0 bridgehead atoms. The first-order valence-corrected chi connectivity index (χ1v) is 8.31. The molecular formula is C13H16ClNO6S. The zero-order valence-electron chi connectivity index (χ0n) is 12.1. The van der Waals surface area contributed by atoms with Crippen LogP contribution < -0.4 is 9.47 Å². The van der Waals surface area contributed by atoms with Gasteiger partial charge in [-0.1, -0.05) is 11.6 Å². The summed E-state index contributed by atoms with van der Waals surface area (Å²) in [6, 6.07) is 1.50. The quantitative estimate of drug-likeness (QED) is 0.867. The SMILES string of the molecule is COc1cc(OC)c(S(=O)(=O)N2CCC[C@H]2C(=O)O)cc1Cl. The normalized spacial score (nSPS) is 19.1. The molecule has 9 heteroatoms. The highest BCUT2D eigenvalue weighted by atomic mass is 35.5. The Kier molecular flexibility index (Phi) is 4.84. The second kappa shape index (κ2) is 6.31. The number of methoxy groups -OCH3 is 2. The van der Waals surface area contributed by atoms with Crippen LogP contribution in [0.5, 0.6) is 11.5 Å². The van der Waals surface area contributed by atoms with Gasteiger partial charge in [0.25, 0.3) is 0 Å². The fourth-order valence-electron chi connectivity index (χ4n) is 2.43. The van der Waals surface area contributed by atoms with E-state index in [2.05, 4.69) is 0 Å². The van der Waals surface area contributed by atoms with Crippen LogP contribution in [0.15, 0.2) is 17.0 Å². The van der Waals surface area contributed by atoms with Gasteiger partial charge < -0.3 is 14.6 Å². The average molecular weight is 350 g/mol. The van der Waals surface area contributed by atoms with Crippen LogP contribution in [0.1, 0.15) is 12.8 Å². The number of rotatable bonds is 5. The Hall–Kier alpha value is -1.51. The lowest BCUT2D eigenvalue weighted by Gasteiger charge is -2.22. The van der Waals surface area contributed by atoms with Crippen LogP contribution in [0.4, 0.5) is 0 Å². The van der Waals surface area contributed by atoms with Crippen molar-refractivity contribution in [2.45, 2.75) is 23.8 Å². The third kappa shape index (κ3) is 2.86. The Bertz CT molecular complexity index is 690. The van der Waals surface area contributed by atoms with Gasteiger partial charge in [-0.3, -0.25) is 4.79 Å². The first kappa shape index (κ1) is 16.9. The van der Waals surface area contributed by atoms with Crippen molar-refractivity contribution in [3.05, 3.63) is 17.2 Å². The van der Waals surface area contributed by atoms with Crippen molar-refractivity contribution in [3.8, 4) is 11.5 Å². The molecule has 1 aliphatic heterocycles. The van der Waals surface area contributed by atoms with E-state index in [0.717, 1.165) is 4.31 Å². The topological polar surface area (TPSA) is 93.1 Å². The van der Waals surface area contributed by atoms with E-state index in [0.29, 0.717) is 6.42 Å². The minimum absolute atomic E-state index is 0.0530. The highest BCUT2D eigenvalue weighted by Gasteiger charge is 2.41. The zero-order chi connectivity index (χ0) is 16.5. The van der Waals surface area contributed by atoms with Crippen molar-refractivity contribution in [3.63, 3.8) is 0 Å². The summed E-state index contributed by atoms with van der Waals surface area (Å²) in [6.45, 7) is 0.145. The predicted octanol–water partition coefficient (Wildman–Crippen LogP) is 1.59. The van der Waals surface area contributed by atoms with Crippen molar-refractivity contribution in [1.29, 1.82) is 0 Å². The summed E-state index contributed by atoms with van der Waals surface area (Å²) in [5.41, 5.74) is 0. The van der Waals surface area contributed by atoms with Crippen LogP contribution >= 0.6 is 11.6 Å². The maximum Gasteiger partial charge on any atom is 0.322 e. The molecule has 1 saturated heterocycles. The fraction of sp³-hybridized carbons (Fsp3) is 0.462. The van der Waals surface area contributed by atoms with Gasteiger partial charge in [0.05, 0.1) is 19.2 Å². The largest absolute Gasteiger partial charge is 0.495 e. The van der Waals surface area contributed by atoms with Gasteiger partial charge >= 0.3 is 5.97 Å². The lowest BCUT2D eigenvalue weighted by Crippen LogP contribution is -2.40. The number of carboxylic acids is 1. The van der Waals surface area contributed by atoms with Crippen LogP contribution in [-0.2, 0) is 14.8 Å². The Morgan fingerprint density at radius 2 is 1.95 bits per heavy atom. The second-order valence-corrected chi connectivity index (χ2v) is 7.02. The van der Waals surface area contributed by atoms with Gasteiger partial charge in [-0.2, -0.15) is 4.31 Å². The first-order valence-electron chi connectivity index (χ1n) is 6.49. The standard InChI is InChI=1S/C13H16ClNO6S/c1-20-10-7-11(21-2)12(6-8(10)14)22(18,19)15-5-3-4-9(15)13(16)17/h6-7,9H,3-5H2,1-2H3,(H,16,17)/t9-/m0/s1. The number of nitrogens with zero attached hydrogens (tertiary/aromatic N) is 1. The summed E-state index contributed by atoms with van der Waals surface area (Å²) in [5.74, 6) is -0.842. The van der Waals surface area contributed by atoms with Crippen LogP contribution in [0.2, 0.25) is 5.02 Å². The maximum atomic E-state index is 12.8. The van der Waals surface area contributed by atoms with E-state index < -0.39 is 22.0 Å². The molecule has 1 aliphatic rings. The van der Waals surface area contributed by atoms with E-state index in [1.54, 1.807) is 0 Å². The average Bonchev–Trinajstić information content (AvgIpc) is 2.97. The summed E-state index contributed by atoms with van der Waals surface area (Å²) in [6.07, 6.45) is 0.767. The lowest BCUT2D eigenvalue weighted by atomic mass is 10.2. The molecule has 1 N–H and O–H groups in total. The molecule has 0 spiro atoms.